The quantitative estimate of drug-likeness (QED) is 0.550. The fraction of sp³-hybridized carbons (Fsp3) is 0.500. The molecule has 28 heavy (non-hydrogen) atoms. The summed E-state index contributed by atoms with van der Waals surface area (Å²) in [6.45, 7) is 0. The summed E-state index contributed by atoms with van der Waals surface area (Å²) in [6.07, 6.45) is 3.53. The van der Waals surface area contributed by atoms with Crippen LogP contribution in [0.3, 0.4) is 0 Å². The van der Waals surface area contributed by atoms with Gasteiger partial charge in [0.15, 0.2) is 0 Å². The zero-order valence-corrected chi connectivity index (χ0v) is 16.3. The number of benzene rings is 2. The molecular weight excluding hydrogens is 352 g/mol. The van der Waals surface area contributed by atoms with Gasteiger partial charge in [-0.1, -0.05) is 73.9 Å². The van der Waals surface area contributed by atoms with Crippen LogP contribution in [0.4, 0.5) is 0 Å². The number of aliphatic hydroxyl groups excluding tert-OH is 4. The molecule has 0 radical (unpaired) electrons. The van der Waals surface area contributed by atoms with Crippen LogP contribution in [0.25, 0.3) is 0 Å². The fourth-order valence-electron chi connectivity index (χ4n) is 4.18. The molecule has 3 rings (SSSR count). The summed E-state index contributed by atoms with van der Waals surface area (Å²) in [5.41, 5.74) is 2.23. The minimum absolute atomic E-state index is 0.215. The van der Waals surface area contributed by atoms with E-state index in [2.05, 4.69) is 0 Å². The lowest BCUT2D eigenvalue weighted by Gasteiger charge is -2.28. The largest absolute Gasteiger partial charge is 0.393 e. The average Bonchev–Trinajstić information content (AvgIpc) is 2.75. The van der Waals surface area contributed by atoms with E-state index < -0.39 is 24.4 Å². The topological polar surface area (TPSA) is 80.9 Å². The lowest BCUT2D eigenvalue weighted by atomic mass is 9.83. The Kier molecular flexibility index (Phi) is 7.63. The SMILES string of the molecule is OC(CC(O)c1ccc(C(O)CC(O)C2CCCCC2)cc1)c1ccccc1. The van der Waals surface area contributed by atoms with E-state index in [-0.39, 0.29) is 6.42 Å². The highest BCUT2D eigenvalue weighted by Crippen LogP contribution is 2.32. The molecule has 1 aliphatic rings. The summed E-state index contributed by atoms with van der Waals surface area (Å²) in [6, 6.07) is 16.5. The van der Waals surface area contributed by atoms with Crippen molar-refractivity contribution < 1.29 is 20.4 Å². The van der Waals surface area contributed by atoms with Gasteiger partial charge in [-0.25, -0.2) is 0 Å². The van der Waals surface area contributed by atoms with Crippen molar-refractivity contribution in [3.8, 4) is 0 Å². The van der Waals surface area contributed by atoms with Gasteiger partial charge in [-0.15, -0.1) is 0 Å². The molecule has 4 atom stereocenters. The second-order valence-electron chi connectivity index (χ2n) is 8.06. The van der Waals surface area contributed by atoms with E-state index >= 15 is 0 Å². The van der Waals surface area contributed by atoms with E-state index in [4.69, 9.17) is 0 Å². The van der Waals surface area contributed by atoms with Crippen molar-refractivity contribution in [3.05, 3.63) is 71.3 Å². The van der Waals surface area contributed by atoms with Crippen LogP contribution in [0.1, 0.15) is 79.9 Å². The molecule has 0 amide bonds. The smallest absolute Gasteiger partial charge is 0.0818 e. The van der Waals surface area contributed by atoms with Crippen molar-refractivity contribution in [2.45, 2.75) is 69.4 Å². The third kappa shape index (κ3) is 5.65. The van der Waals surface area contributed by atoms with Crippen LogP contribution < -0.4 is 0 Å². The molecule has 4 heteroatoms. The summed E-state index contributed by atoms with van der Waals surface area (Å²) in [7, 11) is 0. The van der Waals surface area contributed by atoms with Gasteiger partial charge in [0.1, 0.15) is 0 Å². The van der Waals surface area contributed by atoms with Crippen LogP contribution in [0.2, 0.25) is 0 Å². The highest BCUT2D eigenvalue weighted by atomic mass is 16.3. The van der Waals surface area contributed by atoms with Gasteiger partial charge >= 0.3 is 0 Å². The Labute approximate surface area is 167 Å². The third-order valence-corrected chi connectivity index (χ3v) is 6.00. The number of aliphatic hydroxyl groups is 4. The molecule has 4 N–H and O–H groups in total. The maximum Gasteiger partial charge on any atom is 0.0818 e. The molecule has 4 nitrogen and oxygen atoms in total. The van der Waals surface area contributed by atoms with Gasteiger partial charge in [0.2, 0.25) is 0 Å². The third-order valence-electron chi connectivity index (χ3n) is 6.00. The van der Waals surface area contributed by atoms with E-state index in [9.17, 15) is 20.4 Å². The van der Waals surface area contributed by atoms with Gasteiger partial charge < -0.3 is 20.4 Å². The summed E-state index contributed by atoms with van der Waals surface area (Å²) < 4.78 is 0. The van der Waals surface area contributed by atoms with E-state index in [0.717, 1.165) is 24.0 Å². The highest BCUT2D eigenvalue weighted by molar-refractivity contribution is 5.26. The van der Waals surface area contributed by atoms with E-state index in [1.807, 2.05) is 30.3 Å². The van der Waals surface area contributed by atoms with Gasteiger partial charge in [-0.05, 0) is 35.4 Å². The molecule has 1 saturated carbocycles. The van der Waals surface area contributed by atoms with Gasteiger partial charge in [0.25, 0.3) is 0 Å². The molecule has 1 fully saturated rings. The molecule has 2 aromatic carbocycles. The number of hydrogen-bond acceptors (Lipinski definition) is 4. The van der Waals surface area contributed by atoms with Crippen LogP contribution in [0.5, 0.6) is 0 Å². The van der Waals surface area contributed by atoms with Crippen molar-refractivity contribution in [3.63, 3.8) is 0 Å². The number of rotatable bonds is 8. The zero-order valence-electron chi connectivity index (χ0n) is 16.3. The molecule has 0 spiro atoms. The van der Waals surface area contributed by atoms with E-state index in [1.165, 1.54) is 19.3 Å². The summed E-state index contributed by atoms with van der Waals surface area (Å²) in [4.78, 5) is 0. The Morgan fingerprint density at radius 1 is 0.607 bits per heavy atom. The van der Waals surface area contributed by atoms with E-state index in [1.54, 1.807) is 24.3 Å². The predicted octanol–water partition coefficient (Wildman–Crippen LogP) is 4.21. The van der Waals surface area contributed by atoms with Gasteiger partial charge in [0, 0.05) is 12.8 Å². The van der Waals surface area contributed by atoms with Crippen LogP contribution in [-0.2, 0) is 0 Å². The van der Waals surface area contributed by atoms with Crippen LogP contribution in [-0.4, -0.2) is 26.5 Å². The number of hydrogen-bond donors (Lipinski definition) is 4. The molecule has 0 aromatic heterocycles. The van der Waals surface area contributed by atoms with Crippen LogP contribution in [0, 0.1) is 5.92 Å². The molecule has 152 valence electrons. The minimum atomic E-state index is -0.783. The first-order valence-electron chi connectivity index (χ1n) is 10.4. The molecule has 4 unspecified atom stereocenters. The summed E-state index contributed by atoms with van der Waals surface area (Å²) in [5, 5.41) is 41.6. The van der Waals surface area contributed by atoms with Crippen molar-refractivity contribution in [1.82, 2.24) is 0 Å². The second kappa shape index (κ2) is 10.2. The van der Waals surface area contributed by atoms with Crippen molar-refractivity contribution in [1.29, 1.82) is 0 Å². The fourth-order valence-corrected chi connectivity index (χ4v) is 4.18. The first-order valence-corrected chi connectivity index (χ1v) is 10.4. The zero-order chi connectivity index (χ0) is 19.9. The summed E-state index contributed by atoms with van der Waals surface area (Å²) in [5.74, 6) is 0.295. The lowest BCUT2D eigenvalue weighted by Crippen LogP contribution is -2.25. The standard InChI is InChI=1S/C24H32O4/c25-21(17-7-3-1-4-8-17)15-23(27)19-11-13-20(14-12-19)24(28)16-22(26)18-9-5-2-6-10-18/h1,3-4,7-8,11-14,18,21-28H,2,5-6,9-10,15-16H2. The Balaban J connectivity index is 1.54. The molecule has 1 aliphatic carbocycles. The molecule has 2 aromatic rings. The maximum atomic E-state index is 10.5. The van der Waals surface area contributed by atoms with Crippen molar-refractivity contribution in [2.75, 3.05) is 0 Å². The predicted molar refractivity (Wildman–Crippen MR) is 110 cm³/mol. The monoisotopic (exact) mass is 384 g/mol. The molecule has 0 heterocycles. The van der Waals surface area contributed by atoms with Gasteiger partial charge in [0.05, 0.1) is 24.4 Å². The van der Waals surface area contributed by atoms with Gasteiger partial charge in [-0.2, -0.15) is 0 Å². The Bertz CT molecular complexity index is 694. The molecular formula is C24H32O4. The molecule has 0 aliphatic heterocycles. The molecule has 0 bridgehead atoms. The first kappa shape index (κ1) is 21.0. The van der Waals surface area contributed by atoms with Crippen molar-refractivity contribution >= 4 is 0 Å². The average molecular weight is 385 g/mol. The Morgan fingerprint density at radius 2 is 1.07 bits per heavy atom. The lowest BCUT2D eigenvalue weighted by molar-refractivity contribution is 0.0303. The van der Waals surface area contributed by atoms with Crippen LogP contribution in [0.15, 0.2) is 54.6 Å². The van der Waals surface area contributed by atoms with Crippen LogP contribution >= 0.6 is 0 Å². The highest BCUT2D eigenvalue weighted by Gasteiger charge is 2.24. The minimum Gasteiger partial charge on any atom is -0.393 e. The second-order valence-corrected chi connectivity index (χ2v) is 8.06. The summed E-state index contributed by atoms with van der Waals surface area (Å²) >= 11 is 0. The molecule has 0 saturated heterocycles. The van der Waals surface area contributed by atoms with Crippen molar-refractivity contribution in [2.24, 2.45) is 5.92 Å². The first-order chi connectivity index (χ1) is 13.5. The maximum absolute atomic E-state index is 10.5. The Hall–Kier alpha value is -1.72. The Morgan fingerprint density at radius 3 is 1.61 bits per heavy atom. The van der Waals surface area contributed by atoms with E-state index in [0.29, 0.717) is 17.9 Å². The van der Waals surface area contributed by atoms with Gasteiger partial charge in [-0.3, -0.25) is 0 Å². The normalized spacial score (nSPS) is 19.7.